The summed E-state index contributed by atoms with van der Waals surface area (Å²) in [5.74, 6) is 1.07. The third kappa shape index (κ3) is 2.17. The molecule has 0 aliphatic carbocycles. The van der Waals surface area contributed by atoms with E-state index in [0.29, 0.717) is 5.82 Å². The van der Waals surface area contributed by atoms with Crippen LogP contribution in [0.5, 0.6) is 0 Å². The van der Waals surface area contributed by atoms with Gasteiger partial charge in [0.25, 0.3) is 0 Å². The molecule has 0 spiro atoms. The van der Waals surface area contributed by atoms with Crippen LogP contribution in [-0.4, -0.2) is 55.1 Å². The number of sulfone groups is 1. The average molecular weight is 289 g/mol. The lowest BCUT2D eigenvalue weighted by Crippen LogP contribution is -2.57. The second-order valence-electron chi connectivity index (χ2n) is 4.58. The van der Waals surface area contributed by atoms with Crippen molar-refractivity contribution in [2.24, 2.45) is 0 Å². The Bertz CT molecular complexity index is 565. The van der Waals surface area contributed by atoms with Crippen molar-refractivity contribution in [3.63, 3.8) is 0 Å². The molecule has 2 aliphatic rings. The van der Waals surface area contributed by atoms with Crippen LogP contribution in [0.2, 0.25) is 5.28 Å². The van der Waals surface area contributed by atoms with E-state index < -0.39 is 9.84 Å². The maximum atomic E-state index is 11.7. The number of rotatable bonds is 1. The van der Waals surface area contributed by atoms with Crippen LogP contribution in [0.15, 0.2) is 12.3 Å². The van der Waals surface area contributed by atoms with E-state index in [2.05, 4.69) is 15.3 Å². The van der Waals surface area contributed by atoms with Crippen molar-refractivity contribution in [3.05, 3.63) is 17.5 Å². The van der Waals surface area contributed by atoms with E-state index in [9.17, 15) is 8.42 Å². The fourth-order valence-electron chi connectivity index (χ4n) is 2.64. The molecule has 1 aromatic heterocycles. The molecule has 0 aromatic carbocycles. The van der Waals surface area contributed by atoms with Crippen molar-refractivity contribution in [2.45, 2.75) is 12.1 Å². The Kier molecular flexibility index (Phi) is 2.91. The molecule has 18 heavy (non-hydrogen) atoms. The topological polar surface area (TPSA) is 75.2 Å². The number of fused-ring (bicyclic) bond motifs is 1. The van der Waals surface area contributed by atoms with Crippen LogP contribution < -0.4 is 10.2 Å². The minimum Gasteiger partial charge on any atom is -0.350 e. The van der Waals surface area contributed by atoms with Crippen LogP contribution in [-0.2, 0) is 9.84 Å². The van der Waals surface area contributed by atoms with Crippen molar-refractivity contribution >= 4 is 27.3 Å². The highest BCUT2D eigenvalue weighted by Crippen LogP contribution is 2.25. The number of anilines is 1. The van der Waals surface area contributed by atoms with Gasteiger partial charge in [-0.15, -0.1) is 0 Å². The summed E-state index contributed by atoms with van der Waals surface area (Å²) < 4.78 is 23.4. The first-order valence-corrected chi connectivity index (χ1v) is 7.94. The largest absolute Gasteiger partial charge is 0.350 e. The molecule has 3 rings (SSSR count). The molecule has 1 aromatic rings. The van der Waals surface area contributed by atoms with Gasteiger partial charge >= 0.3 is 0 Å². The summed E-state index contributed by atoms with van der Waals surface area (Å²) in [5.41, 5.74) is 0. The summed E-state index contributed by atoms with van der Waals surface area (Å²) in [7, 11) is -2.96. The number of halogens is 1. The highest BCUT2D eigenvalue weighted by Gasteiger charge is 2.43. The molecule has 1 N–H and O–H groups in total. The summed E-state index contributed by atoms with van der Waals surface area (Å²) in [6.07, 6.45) is 1.59. The van der Waals surface area contributed by atoms with Crippen LogP contribution in [0.4, 0.5) is 5.82 Å². The second-order valence-corrected chi connectivity index (χ2v) is 7.07. The van der Waals surface area contributed by atoms with E-state index in [1.54, 1.807) is 12.3 Å². The van der Waals surface area contributed by atoms with Crippen LogP contribution in [0.25, 0.3) is 0 Å². The number of nitrogens with one attached hydrogen (secondary N) is 1. The summed E-state index contributed by atoms with van der Waals surface area (Å²) >= 11 is 5.78. The molecule has 2 aliphatic heterocycles. The van der Waals surface area contributed by atoms with Crippen molar-refractivity contribution in [3.8, 4) is 0 Å². The van der Waals surface area contributed by atoms with Crippen LogP contribution >= 0.6 is 11.6 Å². The molecule has 8 heteroatoms. The number of hydrogen-bond donors (Lipinski definition) is 1. The second kappa shape index (κ2) is 4.32. The highest BCUT2D eigenvalue weighted by molar-refractivity contribution is 7.91. The first kappa shape index (κ1) is 12.1. The van der Waals surface area contributed by atoms with Gasteiger partial charge in [0.05, 0.1) is 17.5 Å². The third-order valence-electron chi connectivity index (χ3n) is 3.39. The lowest BCUT2D eigenvalue weighted by atomic mass is 10.1. The Balaban J connectivity index is 1.93. The van der Waals surface area contributed by atoms with Gasteiger partial charge in [-0.3, -0.25) is 0 Å². The third-order valence-corrected chi connectivity index (χ3v) is 5.29. The lowest BCUT2D eigenvalue weighted by molar-refractivity contribution is 0.422. The number of nitrogens with zero attached hydrogens (tertiary/aromatic N) is 3. The quantitative estimate of drug-likeness (QED) is 0.716. The first-order valence-electron chi connectivity index (χ1n) is 5.74. The molecule has 2 fully saturated rings. The Hall–Kier alpha value is -0.920. The zero-order valence-electron chi connectivity index (χ0n) is 9.58. The monoisotopic (exact) mass is 288 g/mol. The SMILES string of the molecule is O=S1(=O)C[C@@H]2NCCN(c3ccnc(Cl)n3)[C@@H]2C1. The first-order chi connectivity index (χ1) is 8.55. The molecular formula is C10H13ClN4O2S. The van der Waals surface area contributed by atoms with Gasteiger partial charge in [0.2, 0.25) is 5.28 Å². The summed E-state index contributed by atoms with van der Waals surface area (Å²) in [5, 5.41) is 3.44. The number of hydrogen-bond acceptors (Lipinski definition) is 6. The van der Waals surface area contributed by atoms with E-state index in [-0.39, 0.29) is 28.9 Å². The zero-order valence-corrected chi connectivity index (χ0v) is 11.2. The van der Waals surface area contributed by atoms with Gasteiger partial charge in [0.15, 0.2) is 9.84 Å². The Morgan fingerprint density at radius 3 is 3.06 bits per heavy atom. The van der Waals surface area contributed by atoms with E-state index in [4.69, 9.17) is 11.6 Å². The molecule has 3 heterocycles. The molecular weight excluding hydrogens is 276 g/mol. The van der Waals surface area contributed by atoms with Crippen LogP contribution in [0.3, 0.4) is 0 Å². The normalized spacial score (nSPS) is 30.2. The van der Waals surface area contributed by atoms with Crippen LogP contribution in [0, 0.1) is 0 Å². The Morgan fingerprint density at radius 2 is 2.28 bits per heavy atom. The smallest absolute Gasteiger partial charge is 0.224 e. The molecule has 0 bridgehead atoms. The lowest BCUT2D eigenvalue weighted by Gasteiger charge is -2.38. The summed E-state index contributed by atoms with van der Waals surface area (Å²) in [4.78, 5) is 10.0. The molecule has 0 amide bonds. The fraction of sp³-hybridized carbons (Fsp3) is 0.600. The summed E-state index contributed by atoms with van der Waals surface area (Å²) in [6.45, 7) is 1.47. The highest BCUT2D eigenvalue weighted by atomic mass is 35.5. The van der Waals surface area contributed by atoms with Crippen molar-refractivity contribution in [1.82, 2.24) is 15.3 Å². The fourth-order valence-corrected chi connectivity index (χ4v) is 4.74. The van der Waals surface area contributed by atoms with E-state index in [1.165, 1.54) is 0 Å². The van der Waals surface area contributed by atoms with Crippen LogP contribution in [0.1, 0.15) is 0 Å². The van der Waals surface area contributed by atoms with E-state index in [0.717, 1.165) is 13.1 Å². The average Bonchev–Trinajstić information content (AvgIpc) is 2.62. The maximum Gasteiger partial charge on any atom is 0.224 e. The molecule has 0 saturated carbocycles. The molecule has 0 radical (unpaired) electrons. The van der Waals surface area contributed by atoms with Gasteiger partial charge in [-0.2, -0.15) is 0 Å². The predicted octanol–water partition coefficient (Wildman–Crippen LogP) is -0.295. The molecule has 6 nitrogen and oxygen atoms in total. The molecule has 2 saturated heterocycles. The van der Waals surface area contributed by atoms with Gasteiger partial charge in [-0.05, 0) is 17.7 Å². The molecule has 2 atom stereocenters. The number of piperazine rings is 1. The van der Waals surface area contributed by atoms with E-state index in [1.807, 2.05) is 4.90 Å². The van der Waals surface area contributed by atoms with Crippen molar-refractivity contribution < 1.29 is 8.42 Å². The standard InChI is InChI=1S/C10H13ClN4O2S/c11-10-13-2-1-9(14-10)15-4-3-12-7-5-18(16,17)6-8(7)15/h1-2,7-8,12H,3-6H2/t7-,8+/m0/s1. The van der Waals surface area contributed by atoms with Gasteiger partial charge in [0, 0.05) is 25.3 Å². The zero-order chi connectivity index (χ0) is 12.8. The van der Waals surface area contributed by atoms with Gasteiger partial charge < -0.3 is 10.2 Å². The minimum atomic E-state index is -2.96. The Morgan fingerprint density at radius 1 is 1.44 bits per heavy atom. The van der Waals surface area contributed by atoms with Crippen molar-refractivity contribution in [1.29, 1.82) is 0 Å². The van der Waals surface area contributed by atoms with Crippen molar-refractivity contribution in [2.75, 3.05) is 29.5 Å². The van der Waals surface area contributed by atoms with Gasteiger partial charge in [0.1, 0.15) is 5.82 Å². The van der Waals surface area contributed by atoms with E-state index >= 15 is 0 Å². The number of aromatic nitrogens is 2. The summed E-state index contributed by atoms with van der Waals surface area (Å²) in [6, 6.07) is 1.69. The van der Waals surface area contributed by atoms with Gasteiger partial charge in [-0.25, -0.2) is 18.4 Å². The molecule has 98 valence electrons. The van der Waals surface area contributed by atoms with Gasteiger partial charge in [-0.1, -0.05) is 0 Å². The predicted molar refractivity (Wildman–Crippen MR) is 68.6 cm³/mol. The minimum absolute atomic E-state index is 0.0162. The Labute approximate surface area is 110 Å². The maximum absolute atomic E-state index is 11.7. The molecule has 0 unspecified atom stereocenters.